The van der Waals surface area contributed by atoms with Crippen molar-refractivity contribution < 1.29 is 14.3 Å². The van der Waals surface area contributed by atoms with E-state index in [1.54, 1.807) is 24.3 Å². The molecule has 0 saturated heterocycles. The molecule has 1 aromatic carbocycles. The van der Waals surface area contributed by atoms with E-state index in [0.29, 0.717) is 16.8 Å². The van der Waals surface area contributed by atoms with Crippen molar-refractivity contribution in [2.75, 3.05) is 0 Å². The standard InChI is InChI=1S/C14H10N2O4/c17-13(18)9-5-6-10(15-7-9)8-16-11-3-1-2-4-12(11)20-14(16)19/h1-7H,8H2,(H,17,18). The van der Waals surface area contributed by atoms with E-state index in [2.05, 4.69) is 4.98 Å². The van der Waals surface area contributed by atoms with Gasteiger partial charge < -0.3 is 9.52 Å². The first-order chi connectivity index (χ1) is 9.65. The maximum atomic E-state index is 11.8. The molecule has 0 unspecified atom stereocenters. The Morgan fingerprint density at radius 3 is 2.75 bits per heavy atom. The molecule has 2 aromatic heterocycles. The van der Waals surface area contributed by atoms with Gasteiger partial charge in [0.1, 0.15) is 0 Å². The highest BCUT2D eigenvalue weighted by molar-refractivity contribution is 5.87. The summed E-state index contributed by atoms with van der Waals surface area (Å²) in [4.78, 5) is 26.6. The quantitative estimate of drug-likeness (QED) is 0.783. The van der Waals surface area contributed by atoms with E-state index >= 15 is 0 Å². The van der Waals surface area contributed by atoms with Crippen molar-refractivity contribution in [2.45, 2.75) is 6.54 Å². The van der Waals surface area contributed by atoms with Crippen LogP contribution in [0, 0.1) is 0 Å². The van der Waals surface area contributed by atoms with Crippen LogP contribution in [0.2, 0.25) is 0 Å². The third-order valence-corrected chi connectivity index (χ3v) is 2.97. The first kappa shape index (κ1) is 12.2. The summed E-state index contributed by atoms with van der Waals surface area (Å²) in [5.41, 5.74) is 1.89. The minimum absolute atomic E-state index is 0.109. The molecule has 3 rings (SSSR count). The van der Waals surface area contributed by atoms with E-state index in [-0.39, 0.29) is 12.1 Å². The van der Waals surface area contributed by atoms with Gasteiger partial charge in [0, 0.05) is 6.20 Å². The number of carboxylic acid groups (broad SMARTS) is 1. The van der Waals surface area contributed by atoms with Crippen molar-refractivity contribution in [1.29, 1.82) is 0 Å². The molecule has 6 nitrogen and oxygen atoms in total. The highest BCUT2D eigenvalue weighted by Crippen LogP contribution is 2.13. The first-order valence-electron chi connectivity index (χ1n) is 5.92. The first-order valence-corrected chi connectivity index (χ1v) is 5.92. The zero-order chi connectivity index (χ0) is 14.1. The Hall–Kier alpha value is -2.89. The summed E-state index contributed by atoms with van der Waals surface area (Å²) in [6.45, 7) is 0.232. The third-order valence-electron chi connectivity index (χ3n) is 2.97. The Labute approximate surface area is 112 Å². The number of pyridine rings is 1. The molecular weight excluding hydrogens is 260 g/mol. The lowest BCUT2D eigenvalue weighted by Gasteiger charge is -2.02. The predicted octanol–water partition coefficient (Wildman–Crippen LogP) is 1.74. The normalized spacial score (nSPS) is 10.8. The Kier molecular flexibility index (Phi) is 2.83. The summed E-state index contributed by atoms with van der Waals surface area (Å²) in [5.74, 6) is -1.50. The largest absolute Gasteiger partial charge is 0.478 e. The van der Waals surface area contributed by atoms with E-state index in [4.69, 9.17) is 9.52 Å². The van der Waals surface area contributed by atoms with Gasteiger partial charge in [-0.1, -0.05) is 12.1 Å². The highest BCUT2D eigenvalue weighted by Gasteiger charge is 2.10. The van der Waals surface area contributed by atoms with Gasteiger partial charge in [-0.05, 0) is 24.3 Å². The summed E-state index contributed by atoms with van der Waals surface area (Å²) in [7, 11) is 0. The topological polar surface area (TPSA) is 85.3 Å². The molecule has 20 heavy (non-hydrogen) atoms. The fraction of sp³-hybridized carbons (Fsp3) is 0.0714. The average Bonchev–Trinajstić information content (AvgIpc) is 2.76. The van der Waals surface area contributed by atoms with Gasteiger partial charge in [-0.15, -0.1) is 0 Å². The van der Waals surface area contributed by atoms with Crippen LogP contribution >= 0.6 is 0 Å². The van der Waals surface area contributed by atoms with Gasteiger partial charge in [0.15, 0.2) is 5.58 Å². The number of carbonyl (C=O) groups is 1. The predicted molar refractivity (Wildman–Crippen MR) is 70.8 cm³/mol. The maximum Gasteiger partial charge on any atom is 0.420 e. The lowest BCUT2D eigenvalue weighted by Crippen LogP contribution is -2.15. The van der Waals surface area contributed by atoms with Gasteiger partial charge in [-0.3, -0.25) is 9.55 Å². The fourth-order valence-corrected chi connectivity index (χ4v) is 1.97. The van der Waals surface area contributed by atoms with Crippen LogP contribution in [-0.4, -0.2) is 20.6 Å². The Balaban J connectivity index is 1.99. The number of nitrogens with zero attached hydrogens (tertiary/aromatic N) is 2. The Morgan fingerprint density at radius 1 is 1.25 bits per heavy atom. The lowest BCUT2D eigenvalue weighted by molar-refractivity contribution is 0.0696. The van der Waals surface area contributed by atoms with Crippen molar-refractivity contribution in [2.24, 2.45) is 0 Å². The summed E-state index contributed by atoms with van der Waals surface area (Å²) >= 11 is 0. The minimum atomic E-state index is -1.03. The molecule has 1 N–H and O–H groups in total. The molecule has 0 aliphatic heterocycles. The van der Waals surface area contributed by atoms with E-state index in [0.717, 1.165) is 0 Å². The number of fused-ring (bicyclic) bond motifs is 1. The number of hydrogen-bond donors (Lipinski definition) is 1. The number of benzene rings is 1. The smallest absolute Gasteiger partial charge is 0.420 e. The molecule has 0 fully saturated rings. The molecule has 0 spiro atoms. The van der Waals surface area contributed by atoms with Crippen LogP contribution in [0.1, 0.15) is 16.1 Å². The number of aromatic carboxylic acids is 1. The van der Waals surface area contributed by atoms with Crippen LogP contribution in [0.4, 0.5) is 0 Å². The number of oxazole rings is 1. The van der Waals surface area contributed by atoms with E-state index in [9.17, 15) is 9.59 Å². The second-order valence-corrected chi connectivity index (χ2v) is 4.27. The molecule has 6 heteroatoms. The third kappa shape index (κ3) is 2.07. The Bertz CT molecular complexity index is 830. The molecule has 0 saturated carbocycles. The molecule has 0 radical (unpaired) electrons. The monoisotopic (exact) mass is 270 g/mol. The SMILES string of the molecule is O=C(O)c1ccc(Cn2c(=O)oc3ccccc32)nc1. The van der Waals surface area contributed by atoms with E-state index in [1.165, 1.54) is 16.8 Å². The molecule has 0 aliphatic carbocycles. The molecule has 0 bridgehead atoms. The van der Waals surface area contributed by atoms with Crippen LogP contribution in [0.3, 0.4) is 0 Å². The van der Waals surface area contributed by atoms with E-state index < -0.39 is 11.7 Å². The van der Waals surface area contributed by atoms with Crippen LogP contribution in [-0.2, 0) is 6.54 Å². The number of rotatable bonds is 3. The lowest BCUT2D eigenvalue weighted by atomic mass is 10.2. The van der Waals surface area contributed by atoms with Crippen LogP contribution < -0.4 is 5.76 Å². The Morgan fingerprint density at radius 2 is 2.05 bits per heavy atom. The number of carboxylic acids is 1. The molecule has 0 aliphatic rings. The zero-order valence-corrected chi connectivity index (χ0v) is 10.3. The van der Waals surface area contributed by atoms with Gasteiger partial charge in [0.25, 0.3) is 0 Å². The summed E-state index contributed by atoms with van der Waals surface area (Å²) in [6, 6.07) is 10.1. The van der Waals surface area contributed by atoms with Gasteiger partial charge >= 0.3 is 11.7 Å². The molecular formula is C14H10N2O4. The fourth-order valence-electron chi connectivity index (χ4n) is 1.97. The van der Waals surface area contributed by atoms with Gasteiger partial charge in [0.2, 0.25) is 0 Å². The highest BCUT2D eigenvalue weighted by atomic mass is 16.4. The molecule has 0 amide bonds. The van der Waals surface area contributed by atoms with Gasteiger partial charge in [-0.25, -0.2) is 9.59 Å². The van der Waals surface area contributed by atoms with Crippen LogP contribution in [0.25, 0.3) is 11.1 Å². The average molecular weight is 270 g/mol. The molecule has 0 atom stereocenters. The second kappa shape index (κ2) is 4.65. The van der Waals surface area contributed by atoms with Gasteiger partial charge in [0.05, 0.1) is 23.3 Å². The van der Waals surface area contributed by atoms with Crippen molar-refractivity contribution in [3.8, 4) is 0 Å². The van der Waals surface area contributed by atoms with Crippen molar-refractivity contribution in [3.05, 3.63) is 64.4 Å². The zero-order valence-electron chi connectivity index (χ0n) is 10.3. The summed E-state index contributed by atoms with van der Waals surface area (Å²) in [5, 5.41) is 8.81. The summed E-state index contributed by atoms with van der Waals surface area (Å²) < 4.78 is 6.58. The van der Waals surface area contributed by atoms with Crippen LogP contribution in [0.5, 0.6) is 0 Å². The number of hydrogen-bond acceptors (Lipinski definition) is 4. The molecule has 3 aromatic rings. The van der Waals surface area contributed by atoms with E-state index in [1.807, 2.05) is 6.07 Å². The maximum absolute atomic E-state index is 11.8. The molecule has 2 heterocycles. The van der Waals surface area contributed by atoms with Crippen molar-refractivity contribution >= 4 is 17.1 Å². The number of para-hydroxylation sites is 2. The van der Waals surface area contributed by atoms with Crippen molar-refractivity contribution in [3.63, 3.8) is 0 Å². The van der Waals surface area contributed by atoms with Crippen LogP contribution in [0.15, 0.2) is 51.8 Å². The second-order valence-electron chi connectivity index (χ2n) is 4.27. The minimum Gasteiger partial charge on any atom is -0.478 e. The van der Waals surface area contributed by atoms with Crippen molar-refractivity contribution in [1.82, 2.24) is 9.55 Å². The number of aromatic nitrogens is 2. The molecule has 100 valence electrons. The van der Waals surface area contributed by atoms with Gasteiger partial charge in [-0.2, -0.15) is 0 Å². The summed E-state index contributed by atoms with van der Waals surface area (Å²) in [6.07, 6.45) is 1.27.